The summed E-state index contributed by atoms with van der Waals surface area (Å²) in [5.41, 5.74) is 5.74. The molecule has 1 aliphatic rings. The Labute approximate surface area is 232 Å². The van der Waals surface area contributed by atoms with Crippen LogP contribution in [-0.2, 0) is 4.74 Å². The van der Waals surface area contributed by atoms with Gasteiger partial charge >= 0.3 is 0 Å². The number of hydrogen-bond acceptors (Lipinski definition) is 4. The highest BCUT2D eigenvalue weighted by Crippen LogP contribution is 2.45. The van der Waals surface area contributed by atoms with Gasteiger partial charge < -0.3 is 24.3 Å². The van der Waals surface area contributed by atoms with Gasteiger partial charge in [0.2, 0.25) is 0 Å². The summed E-state index contributed by atoms with van der Waals surface area (Å²) in [7, 11) is 1.63. The first-order valence-corrected chi connectivity index (χ1v) is 13.0. The Balaban J connectivity index is 1.60. The zero-order chi connectivity index (χ0) is 26.8. The molecule has 1 aliphatic heterocycles. The van der Waals surface area contributed by atoms with Crippen molar-refractivity contribution in [3.05, 3.63) is 106 Å². The maximum atomic E-state index is 13.7. The number of aryl methyl sites for hydroxylation is 1. The Kier molecular flexibility index (Phi) is 7.65. The van der Waals surface area contributed by atoms with Gasteiger partial charge in [0.15, 0.2) is 5.11 Å². The van der Waals surface area contributed by atoms with Crippen molar-refractivity contribution >= 4 is 34.6 Å². The number of methoxy groups -OCH3 is 1. The van der Waals surface area contributed by atoms with Gasteiger partial charge in [-0.3, -0.25) is 4.98 Å². The standard InChI is InChI=1S/C29H28ClFN4O2S/c1-18-16-23(19(2)34(18)21-9-7-20(31)8-10-21)28-27(25-6-4-5-13-32-25)33-29(38)35(28)22-11-12-26(24(30)17-22)37-15-14-36-3/h4-13,16-17,27-28H,14-15H2,1-3H3,(H,33,38)/t27-,28+/m1/s1. The molecular weight excluding hydrogens is 523 g/mol. The molecule has 0 spiro atoms. The van der Waals surface area contributed by atoms with Crippen molar-refractivity contribution in [2.24, 2.45) is 0 Å². The van der Waals surface area contributed by atoms with E-state index in [9.17, 15) is 4.39 Å². The van der Waals surface area contributed by atoms with Gasteiger partial charge in [0.1, 0.15) is 18.2 Å². The lowest BCUT2D eigenvalue weighted by molar-refractivity contribution is 0.146. The molecule has 9 heteroatoms. The molecular formula is C29H28ClFN4O2S. The smallest absolute Gasteiger partial charge is 0.174 e. The van der Waals surface area contributed by atoms with Crippen molar-refractivity contribution in [2.45, 2.75) is 25.9 Å². The van der Waals surface area contributed by atoms with E-state index < -0.39 is 0 Å². The summed E-state index contributed by atoms with van der Waals surface area (Å²) < 4.78 is 26.6. The molecule has 1 N–H and O–H groups in total. The third-order valence-corrected chi connectivity index (χ3v) is 7.32. The first-order valence-electron chi connectivity index (χ1n) is 12.3. The Hall–Kier alpha value is -3.46. The normalized spacial score (nSPS) is 17.1. The molecule has 1 saturated heterocycles. The van der Waals surface area contributed by atoms with Gasteiger partial charge in [0.05, 0.1) is 29.4 Å². The van der Waals surface area contributed by atoms with Crippen LogP contribution in [0.25, 0.3) is 5.69 Å². The van der Waals surface area contributed by atoms with Crippen LogP contribution in [0.3, 0.4) is 0 Å². The first-order chi connectivity index (χ1) is 18.4. The number of aromatic nitrogens is 2. The highest BCUT2D eigenvalue weighted by Gasteiger charge is 2.42. The van der Waals surface area contributed by atoms with Crippen molar-refractivity contribution in [1.29, 1.82) is 0 Å². The summed E-state index contributed by atoms with van der Waals surface area (Å²) in [6, 6.07) is 19.8. The lowest BCUT2D eigenvalue weighted by atomic mass is 9.96. The largest absolute Gasteiger partial charge is 0.490 e. The number of pyridine rings is 1. The van der Waals surface area contributed by atoms with Crippen LogP contribution in [0.5, 0.6) is 5.75 Å². The summed E-state index contributed by atoms with van der Waals surface area (Å²) in [5, 5.41) is 4.55. The zero-order valence-electron chi connectivity index (χ0n) is 21.3. The third-order valence-electron chi connectivity index (χ3n) is 6.71. The number of thiocarbonyl (C=S) groups is 1. The van der Waals surface area contributed by atoms with Crippen LogP contribution in [0.4, 0.5) is 10.1 Å². The molecule has 0 saturated carbocycles. The maximum Gasteiger partial charge on any atom is 0.174 e. The summed E-state index contributed by atoms with van der Waals surface area (Å²) in [5.74, 6) is 0.313. The maximum absolute atomic E-state index is 13.7. The predicted octanol–water partition coefficient (Wildman–Crippen LogP) is 6.48. The molecule has 6 nitrogen and oxygen atoms in total. The van der Waals surface area contributed by atoms with E-state index in [2.05, 4.69) is 32.8 Å². The monoisotopic (exact) mass is 550 g/mol. The summed E-state index contributed by atoms with van der Waals surface area (Å²) in [4.78, 5) is 6.72. The van der Waals surface area contributed by atoms with Crippen LogP contribution in [0, 0.1) is 19.7 Å². The van der Waals surface area contributed by atoms with E-state index >= 15 is 0 Å². The summed E-state index contributed by atoms with van der Waals surface area (Å²) in [6.07, 6.45) is 1.78. The minimum absolute atomic E-state index is 0.206. The van der Waals surface area contributed by atoms with Crippen molar-refractivity contribution in [3.63, 3.8) is 0 Å². The number of halogens is 2. The summed E-state index contributed by atoms with van der Waals surface area (Å²) in [6.45, 7) is 4.98. The van der Waals surface area contributed by atoms with Crippen molar-refractivity contribution in [1.82, 2.24) is 14.9 Å². The number of hydrogen-bond donors (Lipinski definition) is 1. The minimum Gasteiger partial charge on any atom is -0.490 e. The lowest BCUT2D eigenvalue weighted by Crippen LogP contribution is -2.29. The van der Waals surface area contributed by atoms with Crippen molar-refractivity contribution in [3.8, 4) is 11.4 Å². The topological polar surface area (TPSA) is 51.6 Å². The third kappa shape index (κ3) is 4.99. The van der Waals surface area contributed by atoms with Crippen LogP contribution in [0.1, 0.15) is 34.7 Å². The predicted molar refractivity (Wildman–Crippen MR) is 152 cm³/mol. The second-order valence-electron chi connectivity index (χ2n) is 9.09. The Morgan fingerprint density at radius 3 is 2.47 bits per heavy atom. The SMILES string of the molecule is COCCOc1ccc(N2C(=S)N[C@H](c3ccccn3)[C@@H]2c2cc(C)n(-c3ccc(F)cc3)c2C)cc1Cl. The molecule has 0 aliphatic carbocycles. The quantitative estimate of drug-likeness (QED) is 0.200. The van der Waals surface area contributed by atoms with Gasteiger partial charge in [-0.25, -0.2) is 4.39 Å². The first kappa shape index (κ1) is 26.2. The van der Waals surface area contributed by atoms with Crippen molar-refractivity contribution in [2.75, 3.05) is 25.2 Å². The Morgan fingerprint density at radius 2 is 1.79 bits per heavy atom. The number of nitrogens with one attached hydrogen (secondary N) is 1. The molecule has 2 atom stereocenters. The van der Waals surface area contributed by atoms with Gasteiger partial charge in [-0.1, -0.05) is 17.7 Å². The van der Waals surface area contributed by atoms with Gasteiger partial charge in [-0.2, -0.15) is 0 Å². The fourth-order valence-corrected chi connectivity index (χ4v) is 5.59. The number of anilines is 1. The van der Waals surface area contributed by atoms with E-state index in [0.29, 0.717) is 29.1 Å². The fraction of sp³-hybridized carbons (Fsp3) is 0.241. The van der Waals surface area contributed by atoms with Gasteiger partial charge in [0, 0.05) is 36.1 Å². The molecule has 1 fully saturated rings. The molecule has 5 rings (SSSR count). The van der Waals surface area contributed by atoms with E-state index in [1.165, 1.54) is 12.1 Å². The van der Waals surface area contributed by atoms with Crippen LogP contribution in [-0.4, -0.2) is 35.0 Å². The van der Waals surface area contributed by atoms with Crippen LogP contribution in [0.15, 0.2) is 72.9 Å². The molecule has 0 unspecified atom stereocenters. The van der Waals surface area contributed by atoms with Crippen LogP contribution < -0.4 is 15.0 Å². The lowest BCUT2D eigenvalue weighted by Gasteiger charge is -2.28. The molecule has 4 aromatic rings. The molecule has 0 amide bonds. The summed E-state index contributed by atoms with van der Waals surface area (Å²) >= 11 is 12.5. The van der Waals surface area contributed by atoms with Crippen LogP contribution in [0.2, 0.25) is 5.02 Å². The molecule has 0 radical (unpaired) electrons. The van der Waals surface area contributed by atoms with Gasteiger partial charge in [0.25, 0.3) is 0 Å². The van der Waals surface area contributed by atoms with E-state index in [-0.39, 0.29) is 17.9 Å². The average molecular weight is 551 g/mol. The van der Waals surface area contributed by atoms with E-state index in [1.54, 1.807) is 25.4 Å². The highest BCUT2D eigenvalue weighted by atomic mass is 35.5. The molecule has 38 heavy (non-hydrogen) atoms. The molecule has 196 valence electrons. The molecule has 2 aromatic carbocycles. The molecule has 0 bridgehead atoms. The average Bonchev–Trinajstić information content (AvgIpc) is 3.41. The second kappa shape index (κ2) is 11.1. The fourth-order valence-electron chi connectivity index (χ4n) is 5.02. The number of benzene rings is 2. The second-order valence-corrected chi connectivity index (χ2v) is 9.88. The van der Waals surface area contributed by atoms with E-state index in [0.717, 1.165) is 34.0 Å². The minimum atomic E-state index is -0.269. The molecule has 3 heterocycles. The molecule has 2 aromatic heterocycles. The highest BCUT2D eigenvalue weighted by molar-refractivity contribution is 7.80. The van der Waals surface area contributed by atoms with Crippen LogP contribution >= 0.6 is 23.8 Å². The van der Waals surface area contributed by atoms with Crippen molar-refractivity contribution < 1.29 is 13.9 Å². The number of ether oxygens (including phenoxy) is 2. The number of rotatable bonds is 8. The van der Waals surface area contributed by atoms with E-state index in [1.807, 2.05) is 43.3 Å². The zero-order valence-corrected chi connectivity index (χ0v) is 22.9. The van der Waals surface area contributed by atoms with Gasteiger partial charge in [-0.05, 0) is 92.3 Å². The Bertz CT molecular complexity index is 1450. The van der Waals surface area contributed by atoms with Gasteiger partial charge in [-0.15, -0.1) is 0 Å². The Morgan fingerprint density at radius 1 is 1.03 bits per heavy atom. The van der Waals surface area contributed by atoms with E-state index in [4.69, 9.17) is 33.3 Å². The number of nitrogens with zero attached hydrogens (tertiary/aromatic N) is 3.